The van der Waals surface area contributed by atoms with Crippen LogP contribution in [-0.2, 0) is 20.8 Å². The standard InChI is InChI=1S/C34H37F2N3O6/c1-21(2)38-28(17-16-26(40)19-27(41)20-30(42)44-3)31(22-8-12-24(35)13-9-22)32(23-10-14-25(36)15-11-23)33(38)34(43)39(45-4)29-7-5-6-18-37-29/h5-15,18,21,26-27,40-41H,16-17,19-20H2,1-4H3. The maximum Gasteiger partial charge on any atom is 0.308 e. The first-order valence-corrected chi connectivity index (χ1v) is 14.6. The number of aliphatic hydroxyl groups excluding tert-OH is 2. The first kappa shape index (κ1) is 33.4. The molecule has 2 N–H and O–H groups in total. The Bertz CT molecular complexity index is 1590. The van der Waals surface area contributed by atoms with E-state index < -0.39 is 35.7 Å². The van der Waals surface area contributed by atoms with Gasteiger partial charge in [0.2, 0.25) is 0 Å². The lowest BCUT2D eigenvalue weighted by atomic mass is 9.92. The summed E-state index contributed by atoms with van der Waals surface area (Å²) in [6.45, 7) is 3.80. The molecule has 4 rings (SSSR count). The van der Waals surface area contributed by atoms with Crippen LogP contribution in [-0.4, -0.2) is 58.1 Å². The molecule has 9 nitrogen and oxygen atoms in total. The molecule has 0 aliphatic heterocycles. The first-order chi connectivity index (χ1) is 21.5. The van der Waals surface area contributed by atoms with Crippen molar-refractivity contribution in [2.45, 2.75) is 57.8 Å². The highest BCUT2D eigenvalue weighted by molar-refractivity contribution is 6.11. The smallest absolute Gasteiger partial charge is 0.308 e. The van der Waals surface area contributed by atoms with Gasteiger partial charge in [-0.2, -0.15) is 5.06 Å². The molecule has 1 amide bonds. The van der Waals surface area contributed by atoms with Gasteiger partial charge in [-0.25, -0.2) is 13.8 Å². The van der Waals surface area contributed by atoms with Crippen LogP contribution in [0.15, 0.2) is 72.9 Å². The number of methoxy groups -OCH3 is 1. The second-order valence-electron chi connectivity index (χ2n) is 10.9. The Balaban J connectivity index is 1.94. The summed E-state index contributed by atoms with van der Waals surface area (Å²) < 4.78 is 34.7. The molecule has 2 unspecified atom stereocenters. The molecule has 238 valence electrons. The predicted octanol–water partition coefficient (Wildman–Crippen LogP) is 5.89. The number of ether oxygens (including phenoxy) is 1. The SMILES string of the molecule is COC(=O)CC(O)CC(O)CCc1c(-c2ccc(F)cc2)c(-c2ccc(F)cc2)c(C(=O)N(OC)c2ccccn2)n1C(C)C. The molecule has 0 aliphatic rings. The number of esters is 1. The highest BCUT2D eigenvalue weighted by Gasteiger charge is 2.34. The van der Waals surface area contributed by atoms with E-state index in [1.165, 1.54) is 44.7 Å². The first-order valence-electron chi connectivity index (χ1n) is 14.6. The molecular weight excluding hydrogens is 584 g/mol. The van der Waals surface area contributed by atoms with Gasteiger partial charge in [-0.3, -0.25) is 14.4 Å². The van der Waals surface area contributed by atoms with E-state index in [1.807, 2.05) is 18.4 Å². The molecule has 2 atom stereocenters. The van der Waals surface area contributed by atoms with Crippen molar-refractivity contribution >= 4 is 17.7 Å². The Morgan fingerprint density at radius 2 is 1.49 bits per heavy atom. The topological polar surface area (TPSA) is 114 Å². The van der Waals surface area contributed by atoms with Gasteiger partial charge in [0, 0.05) is 29.1 Å². The number of carbonyl (C=O) groups excluding carboxylic acids is 2. The number of carbonyl (C=O) groups is 2. The van der Waals surface area contributed by atoms with Gasteiger partial charge in [0.1, 0.15) is 17.3 Å². The zero-order chi connectivity index (χ0) is 32.7. The van der Waals surface area contributed by atoms with Crippen molar-refractivity contribution in [2.75, 3.05) is 19.3 Å². The number of halogens is 2. The molecule has 2 heterocycles. The molecule has 0 saturated heterocycles. The van der Waals surface area contributed by atoms with Crippen LogP contribution in [0.5, 0.6) is 0 Å². The van der Waals surface area contributed by atoms with Gasteiger partial charge in [-0.15, -0.1) is 0 Å². The van der Waals surface area contributed by atoms with Crippen molar-refractivity contribution in [1.29, 1.82) is 0 Å². The van der Waals surface area contributed by atoms with Crippen LogP contribution in [0.1, 0.15) is 55.3 Å². The summed E-state index contributed by atoms with van der Waals surface area (Å²) in [6.07, 6.45) is -0.521. The van der Waals surface area contributed by atoms with E-state index in [1.54, 1.807) is 42.5 Å². The molecule has 45 heavy (non-hydrogen) atoms. The number of aliphatic hydroxyl groups is 2. The summed E-state index contributed by atoms with van der Waals surface area (Å²) in [5.41, 5.74) is 3.06. The van der Waals surface area contributed by atoms with Gasteiger partial charge in [0.25, 0.3) is 0 Å². The maximum absolute atomic E-state index is 14.5. The number of hydrogen-bond acceptors (Lipinski definition) is 7. The monoisotopic (exact) mass is 621 g/mol. The fraction of sp³-hybridized carbons (Fsp3) is 0.324. The third-order valence-electron chi connectivity index (χ3n) is 7.40. The normalized spacial score (nSPS) is 12.6. The number of anilines is 1. The fourth-order valence-electron chi connectivity index (χ4n) is 5.43. The lowest BCUT2D eigenvalue weighted by Gasteiger charge is -2.23. The lowest BCUT2D eigenvalue weighted by Crippen LogP contribution is -2.33. The molecule has 2 aromatic carbocycles. The summed E-state index contributed by atoms with van der Waals surface area (Å²) in [4.78, 5) is 35.9. The molecular formula is C34H37F2N3O6. The van der Waals surface area contributed by atoms with E-state index in [-0.39, 0.29) is 43.2 Å². The number of benzene rings is 2. The average molecular weight is 622 g/mol. The second-order valence-corrected chi connectivity index (χ2v) is 10.9. The van der Waals surface area contributed by atoms with Gasteiger partial charge in [0.15, 0.2) is 5.82 Å². The van der Waals surface area contributed by atoms with Gasteiger partial charge < -0.3 is 19.5 Å². The van der Waals surface area contributed by atoms with Crippen LogP contribution in [0.2, 0.25) is 0 Å². The Morgan fingerprint density at radius 1 is 0.889 bits per heavy atom. The molecule has 4 aromatic rings. The number of aromatic nitrogens is 2. The molecule has 0 radical (unpaired) electrons. The summed E-state index contributed by atoms with van der Waals surface area (Å²) in [6, 6.07) is 16.3. The van der Waals surface area contributed by atoms with Crippen LogP contribution in [0, 0.1) is 11.6 Å². The number of hydroxylamine groups is 1. The highest BCUT2D eigenvalue weighted by Crippen LogP contribution is 2.43. The van der Waals surface area contributed by atoms with E-state index in [0.717, 1.165) is 5.06 Å². The summed E-state index contributed by atoms with van der Waals surface area (Å²) in [7, 11) is 2.57. The summed E-state index contributed by atoms with van der Waals surface area (Å²) in [5, 5.41) is 22.3. The van der Waals surface area contributed by atoms with Crippen molar-refractivity contribution in [2.24, 2.45) is 0 Å². The van der Waals surface area contributed by atoms with Crippen molar-refractivity contribution in [3.05, 3.63) is 95.9 Å². The van der Waals surface area contributed by atoms with Crippen LogP contribution in [0.25, 0.3) is 22.3 Å². The van der Waals surface area contributed by atoms with Crippen LogP contribution in [0.3, 0.4) is 0 Å². The van der Waals surface area contributed by atoms with Crippen LogP contribution < -0.4 is 5.06 Å². The number of rotatable bonds is 13. The van der Waals surface area contributed by atoms with Crippen LogP contribution in [0.4, 0.5) is 14.6 Å². The van der Waals surface area contributed by atoms with Crippen molar-refractivity contribution in [3.8, 4) is 22.3 Å². The van der Waals surface area contributed by atoms with Crippen molar-refractivity contribution < 1.29 is 38.2 Å². The maximum atomic E-state index is 14.5. The van der Waals surface area contributed by atoms with Gasteiger partial charge >= 0.3 is 11.9 Å². The van der Waals surface area contributed by atoms with Crippen molar-refractivity contribution in [3.63, 3.8) is 0 Å². The molecule has 0 saturated carbocycles. The van der Waals surface area contributed by atoms with E-state index in [0.29, 0.717) is 27.9 Å². The van der Waals surface area contributed by atoms with Gasteiger partial charge in [-0.1, -0.05) is 30.3 Å². The predicted molar refractivity (Wildman–Crippen MR) is 165 cm³/mol. The van der Waals surface area contributed by atoms with E-state index in [2.05, 4.69) is 9.72 Å². The Kier molecular flexibility index (Phi) is 11.2. The Labute approximate surface area is 260 Å². The van der Waals surface area contributed by atoms with Gasteiger partial charge in [-0.05, 0) is 80.6 Å². The minimum Gasteiger partial charge on any atom is -0.469 e. The molecule has 0 spiro atoms. The number of hydrogen-bond donors (Lipinski definition) is 2. The minimum atomic E-state index is -1.11. The fourth-order valence-corrected chi connectivity index (χ4v) is 5.43. The highest BCUT2D eigenvalue weighted by atomic mass is 19.1. The molecule has 2 aromatic heterocycles. The summed E-state index contributed by atoms with van der Waals surface area (Å²) >= 11 is 0. The second kappa shape index (κ2) is 15.0. The molecule has 11 heteroatoms. The lowest BCUT2D eigenvalue weighted by molar-refractivity contribution is -0.143. The zero-order valence-electron chi connectivity index (χ0n) is 25.6. The van der Waals surface area contributed by atoms with Crippen molar-refractivity contribution in [1.82, 2.24) is 9.55 Å². The van der Waals surface area contributed by atoms with Gasteiger partial charge in [0.05, 0.1) is 32.8 Å². The zero-order valence-corrected chi connectivity index (χ0v) is 25.6. The number of pyridine rings is 1. The van der Waals surface area contributed by atoms with E-state index in [9.17, 15) is 28.6 Å². The Morgan fingerprint density at radius 3 is 2.00 bits per heavy atom. The molecule has 0 bridgehead atoms. The molecule has 0 fully saturated rings. The summed E-state index contributed by atoms with van der Waals surface area (Å²) in [5.74, 6) is -1.80. The number of nitrogens with zero attached hydrogens (tertiary/aromatic N) is 3. The quantitative estimate of drug-likeness (QED) is 0.141. The average Bonchev–Trinajstić information content (AvgIpc) is 3.37. The van der Waals surface area contributed by atoms with E-state index in [4.69, 9.17) is 4.84 Å². The third-order valence-corrected chi connectivity index (χ3v) is 7.40. The minimum absolute atomic E-state index is 0.0723. The van der Waals surface area contributed by atoms with Crippen LogP contribution >= 0.6 is 0 Å². The Hall–Kier alpha value is -4.45. The van der Waals surface area contributed by atoms with E-state index >= 15 is 0 Å². The number of amides is 1. The largest absolute Gasteiger partial charge is 0.469 e. The third kappa shape index (κ3) is 7.80. The molecule has 0 aliphatic carbocycles.